The minimum absolute atomic E-state index is 0.0127. The van der Waals surface area contributed by atoms with Crippen molar-refractivity contribution >= 4 is 23.2 Å². The molecule has 2 aromatic rings. The van der Waals surface area contributed by atoms with Crippen LogP contribution in [0.4, 0.5) is 11.4 Å². The van der Waals surface area contributed by atoms with E-state index >= 15 is 0 Å². The molecule has 2 aliphatic heterocycles. The van der Waals surface area contributed by atoms with Gasteiger partial charge in [-0.1, -0.05) is 30.3 Å². The van der Waals surface area contributed by atoms with Gasteiger partial charge in [0.05, 0.1) is 6.04 Å². The quantitative estimate of drug-likeness (QED) is 0.866. The normalized spacial score (nSPS) is 21.1. The lowest BCUT2D eigenvalue weighted by molar-refractivity contribution is -0.120. The third kappa shape index (κ3) is 3.94. The average molecular weight is 377 g/mol. The highest BCUT2D eigenvalue weighted by molar-refractivity contribution is 5.97. The molecular weight excluding hydrogens is 350 g/mol. The lowest BCUT2D eigenvalue weighted by Gasteiger charge is -2.24. The highest BCUT2D eigenvalue weighted by Gasteiger charge is 2.30. The number of carbonyl (C=O) groups excluding carboxylic acids is 2. The van der Waals surface area contributed by atoms with Crippen LogP contribution in [0.1, 0.15) is 37.7 Å². The van der Waals surface area contributed by atoms with E-state index in [2.05, 4.69) is 34.5 Å². The van der Waals surface area contributed by atoms with E-state index in [1.165, 1.54) is 5.56 Å². The van der Waals surface area contributed by atoms with Gasteiger partial charge in [-0.05, 0) is 62.1 Å². The van der Waals surface area contributed by atoms with Crippen LogP contribution >= 0.6 is 0 Å². The summed E-state index contributed by atoms with van der Waals surface area (Å²) in [6.07, 6.45) is 2.62. The Kier molecular flexibility index (Phi) is 5.44. The van der Waals surface area contributed by atoms with Crippen LogP contribution in [-0.2, 0) is 9.59 Å². The van der Waals surface area contributed by atoms with Gasteiger partial charge in [0.1, 0.15) is 0 Å². The third-order valence-corrected chi connectivity index (χ3v) is 5.94. The summed E-state index contributed by atoms with van der Waals surface area (Å²) in [5, 5.41) is 3.02. The molecule has 5 nitrogen and oxygen atoms in total. The van der Waals surface area contributed by atoms with E-state index in [1.54, 1.807) is 0 Å². The smallest absolute Gasteiger partial charge is 0.241 e. The first-order valence-electron chi connectivity index (χ1n) is 10.1. The topological polar surface area (TPSA) is 52.7 Å². The van der Waals surface area contributed by atoms with Gasteiger partial charge in [-0.25, -0.2) is 0 Å². The summed E-state index contributed by atoms with van der Waals surface area (Å²) in [6, 6.07) is 17.9. The summed E-state index contributed by atoms with van der Waals surface area (Å²) in [5.41, 5.74) is 3.02. The van der Waals surface area contributed by atoms with Crippen LogP contribution < -0.4 is 10.2 Å². The number of hydrogen-bond donors (Lipinski definition) is 1. The Morgan fingerprint density at radius 1 is 1.07 bits per heavy atom. The van der Waals surface area contributed by atoms with Crippen LogP contribution in [0.5, 0.6) is 0 Å². The molecule has 146 valence electrons. The molecule has 0 spiro atoms. The maximum absolute atomic E-state index is 12.7. The van der Waals surface area contributed by atoms with Gasteiger partial charge in [0.2, 0.25) is 11.8 Å². The van der Waals surface area contributed by atoms with Crippen LogP contribution in [0.25, 0.3) is 0 Å². The molecule has 0 unspecified atom stereocenters. The Hall–Kier alpha value is -2.66. The minimum atomic E-state index is -0.173. The van der Waals surface area contributed by atoms with Crippen molar-refractivity contribution in [3.8, 4) is 0 Å². The van der Waals surface area contributed by atoms with Gasteiger partial charge in [-0.15, -0.1) is 0 Å². The highest BCUT2D eigenvalue weighted by Crippen LogP contribution is 2.28. The zero-order valence-corrected chi connectivity index (χ0v) is 16.3. The molecular formula is C23H27N3O2. The van der Waals surface area contributed by atoms with E-state index in [0.29, 0.717) is 12.3 Å². The molecule has 2 fully saturated rings. The van der Waals surface area contributed by atoms with Crippen molar-refractivity contribution < 1.29 is 9.59 Å². The van der Waals surface area contributed by atoms with E-state index in [-0.39, 0.29) is 17.9 Å². The second kappa shape index (κ2) is 8.15. The summed E-state index contributed by atoms with van der Waals surface area (Å²) in [5.74, 6) is 0.680. The Bertz CT molecular complexity index is 835. The molecule has 2 amide bonds. The maximum atomic E-state index is 12.7. The standard InChI is InChI=1S/C23H27N3O2/c1-17(25-15-13-19(16-25)18-6-3-2-4-7-18)23(28)24-20-9-11-21(12-10-20)26-14-5-8-22(26)27/h2-4,6-7,9-12,17,19H,5,8,13-16H2,1H3,(H,24,28)/t17-,19-/m1/s1. The maximum Gasteiger partial charge on any atom is 0.241 e. The largest absolute Gasteiger partial charge is 0.325 e. The Balaban J connectivity index is 1.34. The lowest BCUT2D eigenvalue weighted by atomic mass is 9.99. The Labute approximate surface area is 166 Å². The molecule has 0 radical (unpaired) electrons. The van der Waals surface area contributed by atoms with Crippen molar-refractivity contribution in [3.05, 3.63) is 60.2 Å². The number of nitrogens with one attached hydrogen (secondary N) is 1. The molecule has 0 aliphatic carbocycles. The fourth-order valence-corrected chi connectivity index (χ4v) is 4.19. The molecule has 0 bridgehead atoms. The zero-order valence-electron chi connectivity index (χ0n) is 16.3. The molecule has 2 aliphatic rings. The van der Waals surface area contributed by atoms with Crippen molar-refractivity contribution in [2.45, 2.75) is 38.1 Å². The highest BCUT2D eigenvalue weighted by atomic mass is 16.2. The van der Waals surface area contributed by atoms with Crippen LogP contribution in [0.2, 0.25) is 0 Å². The molecule has 2 saturated heterocycles. The molecule has 2 aromatic carbocycles. The minimum Gasteiger partial charge on any atom is -0.325 e. The molecule has 28 heavy (non-hydrogen) atoms. The Morgan fingerprint density at radius 3 is 2.50 bits per heavy atom. The number of likely N-dealkylation sites (tertiary alicyclic amines) is 1. The van der Waals surface area contributed by atoms with E-state index in [9.17, 15) is 9.59 Å². The Morgan fingerprint density at radius 2 is 1.82 bits per heavy atom. The molecule has 0 aromatic heterocycles. The van der Waals surface area contributed by atoms with E-state index in [4.69, 9.17) is 0 Å². The summed E-state index contributed by atoms with van der Waals surface area (Å²) in [7, 11) is 0. The van der Waals surface area contributed by atoms with Crippen molar-refractivity contribution in [2.24, 2.45) is 0 Å². The lowest BCUT2D eigenvalue weighted by Crippen LogP contribution is -2.40. The van der Waals surface area contributed by atoms with Crippen molar-refractivity contribution in [3.63, 3.8) is 0 Å². The summed E-state index contributed by atoms with van der Waals surface area (Å²) >= 11 is 0. The molecule has 0 saturated carbocycles. The van der Waals surface area contributed by atoms with Crippen molar-refractivity contribution in [1.29, 1.82) is 0 Å². The second-order valence-corrected chi connectivity index (χ2v) is 7.75. The van der Waals surface area contributed by atoms with Crippen molar-refractivity contribution in [2.75, 3.05) is 29.9 Å². The molecule has 4 rings (SSSR count). The van der Waals surface area contributed by atoms with E-state index in [1.807, 2.05) is 42.2 Å². The van der Waals surface area contributed by atoms with Crippen LogP contribution in [0.15, 0.2) is 54.6 Å². The monoisotopic (exact) mass is 377 g/mol. The SMILES string of the molecule is C[C@H](C(=O)Nc1ccc(N2CCCC2=O)cc1)N1CC[C@@H](c2ccccc2)C1. The average Bonchev–Trinajstić information content (AvgIpc) is 3.38. The first-order valence-corrected chi connectivity index (χ1v) is 10.1. The summed E-state index contributed by atoms with van der Waals surface area (Å²) < 4.78 is 0. The predicted molar refractivity (Wildman–Crippen MR) is 111 cm³/mol. The predicted octanol–water partition coefficient (Wildman–Crippen LogP) is 3.63. The number of amides is 2. The fraction of sp³-hybridized carbons (Fsp3) is 0.391. The number of hydrogen-bond acceptors (Lipinski definition) is 3. The first-order chi connectivity index (χ1) is 13.6. The van der Waals surface area contributed by atoms with Crippen molar-refractivity contribution in [1.82, 2.24) is 4.90 Å². The molecule has 2 atom stereocenters. The third-order valence-electron chi connectivity index (χ3n) is 5.94. The van der Waals surface area contributed by atoms with Crippen LogP contribution in [0, 0.1) is 0 Å². The molecule has 1 N–H and O–H groups in total. The van der Waals surface area contributed by atoms with Gasteiger partial charge in [0.25, 0.3) is 0 Å². The number of anilines is 2. The first kappa shape index (κ1) is 18.7. The van der Waals surface area contributed by atoms with Gasteiger partial charge < -0.3 is 10.2 Å². The molecule has 5 heteroatoms. The van der Waals surface area contributed by atoms with Gasteiger partial charge in [-0.3, -0.25) is 14.5 Å². The number of rotatable bonds is 5. The van der Waals surface area contributed by atoms with E-state index < -0.39 is 0 Å². The number of nitrogens with zero attached hydrogens (tertiary/aromatic N) is 2. The van der Waals surface area contributed by atoms with Gasteiger partial charge >= 0.3 is 0 Å². The van der Waals surface area contributed by atoms with Gasteiger partial charge in [-0.2, -0.15) is 0 Å². The summed E-state index contributed by atoms with van der Waals surface area (Å²) in [6.45, 7) is 4.60. The van der Waals surface area contributed by atoms with Crippen LogP contribution in [0.3, 0.4) is 0 Å². The fourth-order valence-electron chi connectivity index (χ4n) is 4.19. The zero-order chi connectivity index (χ0) is 19.5. The van der Waals surface area contributed by atoms with E-state index in [0.717, 1.165) is 43.9 Å². The second-order valence-electron chi connectivity index (χ2n) is 7.75. The summed E-state index contributed by atoms with van der Waals surface area (Å²) in [4.78, 5) is 28.6. The molecule has 2 heterocycles. The number of benzene rings is 2. The van der Waals surface area contributed by atoms with Gasteiger partial charge in [0.15, 0.2) is 0 Å². The van der Waals surface area contributed by atoms with Crippen LogP contribution in [-0.4, -0.2) is 42.4 Å². The number of carbonyl (C=O) groups is 2. The van der Waals surface area contributed by atoms with Gasteiger partial charge in [0, 0.05) is 30.9 Å².